The quantitative estimate of drug-likeness (QED) is 0.181. The summed E-state index contributed by atoms with van der Waals surface area (Å²) in [5.41, 5.74) is 2.02. The highest BCUT2D eigenvalue weighted by molar-refractivity contribution is 7.99. The third kappa shape index (κ3) is 11.3. The maximum absolute atomic E-state index is 12.5. The molecule has 212 valence electrons. The van der Waals surface area contributed by atoms with Gasteiger partial charge in [0, 0.05) is 38.2 Å². The zero-order valence-electron chi connectivity index (χ0n) is 22.8. The molecule has 0 aromatic heterocycles. The van der Waals surface area contributed by atoms with Gasteiger partial charge in [0.2, 0.25) is 0 Å². The van der Waals surface area contributed by atoms with Gasteiger partial charge in [-0.1, -0.05) is 36.4 Å². The van der Waals surface area contributed by atoms with Gasteiger partial charge in [0.15, 0.2) is 6.10 Å². The Kier molecular flexibility index (Phi) is 14.1. The molecule has 0 bridgehead atoms. The summed E-state index contributed by atoms with van der Waals surface area (Å²) in [7, 11) is 1.64. The van der Waals surface area contributed by atoms with Crippen LogP contribution in [0, 0.1) is 11.8 Å². The summed E-state index contributed by atoms with van der Waals surface area (Å²) in [6, 6.07) is 7.85. The maximum atomic E-state index is 12.5. The van der Waals surface area contributed by atoms with E-state index in [0.29, 0.717) is 37.4 Å². The Labute approximate surface area is 230 Å². The van der Waals surface area contributed by atoms with E-state index in [1.807, 2.05) is 24.3 Å². The molecule has 38 heavy (non-hydrogen) atoms. The SMILES string of the molecule is COCc1cccc(C[C@H](O)C=C[C@H]2[C@H](O)CC(=O)[C@@H]2CCSCCCC(=O)OC(C)C(=O)OC(C)C)c1. The standard InChI is InChI=1S/C29H42O8S/c1-19(2)36-29(34)20(3)37-28(33)9-6-13-38-14-12-25-24(26(31)17-27(25)32)11-10-23(30)16-21-7-5-8-22(15-21)18-35-4/h5,7-8,10-11,15,19-20,23-26,30-31H,6,9,12-14,16-18H2,1-4H3/t20?,23-,24-,25-,26-/m1/s1. The zero-order chi connectivity index (χ0) is 28.1. The van der Waals surface area contributed by atoms with E-state index >= 15 is 0 Å². The molecule has 2 N–H and O–H groups in total. The first kappa shape index (κ1) is 32.0. The topological polar surface area (TPSA) is 119 Å². The van der Waals surface area contributed by atoms with Crippen LogP contribution in [0.1, 0.15) is 57.6 Å². The van der Waals surface area contributed by atoms with Crippen LogP contribution in [0.4, 0.5) is 0 Å². The Balaban J connectivity index is 1.73. The van der Waals surface area contributed by atoms with Crippen LogP contribution in [-0.4, -0.2) is 71.0 Å². The molecule has 0 heterocycles. The number of hydrogen-bond donors (Lipinski definition) is 2. The largest absolute Gasteiger partial charge is 0.460 e. The van der Waals surface area contributed by atoms with Gasteiger partial charge in [0.25, 0.3) is 0 Å². The zero-order valence-corrected chi connectivity index (χ0v) is 23.7. The van der Waals surface area contributed by atoms with Crippen molar-refractivity contribution in [1.29, 1.82) is 0 Å². The average molecular weight is 551 g/mol. The molecule has 1 aromatic carbocycles. The third-order valence-corrected chi connectivity index (χ3v) is 7.37. The van der Waals surface area contributed by atoms with Crippen molar-refractivity contribution in [3.05, 3.63) is 47.5 Å². The summed E-state index contributed by atoms with van der Waals surface area (Å²) >= 11 is 1.64. The number of methoxy groups -OCH3 is 1. The molecule has 1 aliphatic carbocycles. The molecule has 2 rings (SSSR count). The maximum Gasteiger partial charge on any atom is 0.347 e. The lowest BCUT2D eigenvalue weighted by Gasteiger charge is -2.18. The van der Waals surface area contributed by atoms with Gasteiger partial charge in [-0.3, -0.25) is 9.59 Å². The Hall–Kier alpha value is -2.20. The highest BCUT2D eigenvalue weighted by Crippen LogP contribution is 2.34. The number of Topliss-reactive ketones (excluding diaryl/α,β-unsaturated/α-hetero) is 1. The molecule has 1 unspecified atom stereocenters. The van der Waals surface area contributed by atoms with Gasteiger partial charge in [0.1, 0.15) is 5.78 Å². The number of esters is 2. The number of rotatable bonds is 16. The lowest BCUT2D eigenvalue weighted by atomic mass is 9.91. The number of aliphatic hydroxyl groups excluding tert-OH is 2. The van der Waals surface area contributed by atoms with E-state index in [-0.39, 0.29) is 36.6 Å². The summed E-state index contributed by atoms with van der Waals surface area (Å²) < 4.78 is 15.3. The molecule has 0 saturated heterocycles. The van der Waals surface area contributed by atoms with Crippen molar-refractivity contribution < 1.29 is 38.8 Å². The number of ether oxygens (including phenoxy) is 3. The fourth-order valence-electron chi connectivity index (χ4n) is 4.43. The first-order valence-corrected chi connectivity index (χ1v) is 14.4. The number of hydrogen-bond acceptors (Lipinski definition) is 9. The number of carbonyl (C=O) groups is 3. The highest BCUT2D eigenvalue weighted by Gasteiger charge is 2.39. The fourth-order valence-corrected chi connectivity index (χ4v) is 5.41. The number of benzene rings is 1. The van der Waals surface area contributed by atoms with Crippen molar-refractivity contribution in [3.63, 3.8) is 0 Å². The van der Waals surface area contributed by atoms with Gasteiger partial charge < -0.3 is 24.4 Å². The normalized spacial score (nSPS) is 21.1. The molecule has 0 radical (unpaired) electrons. The molecular weight excluding hydrogens is 508 g/mol. The number of thioether (sulfide) groups is 1. The van der Waals surface area contributed by atoms with E-state index in [2.05, 4.69) is 0 Å². The van der Waals surface area contributed by atoms with Gasteiger partial charge >= 0.3 is 11.9 Å². The van der Waals surface area contributed by atoms with Crippen LogP contribution in [0.5, 0.6) is 0 Å². The van der Waals surface area contributed by atoms with E-state index in [1.165, 1.54) is 6.92 Å². The Bertz CT molecular complexity index is 931. The molecule has 1 saturated carbocycles. The molecule has 0 spiro atoms. The molecular formula is C29H42O8S. The van der Waals surface area contributed by atoms with Crippen LogP contribution >= 0.6 is 11.8 Å². The second-order valence-electron chi connectivity index (χ2n) is 9.95. The molecule has 8 nitrogen and oxygen atoms in total. The van der Waals surface area contributed by atoms with E-state index in [4.69, 9.17) is 14.2 Å². The smallest absolute Gasteiger partial charge is 0.347 e. The summed E-state index contributed by atoms with van der Waals surface area (Å²) in [5, 5.41) is 20.9. The lowest BCUT2D eigenvalue weighted by Crippen LogP contribution is -2.28. The minimum Gasteiger partial charge on any atom is -0.460 e. The van der Waals surface area contributed by atoms with E-state index < -0.39 is 30.3 Å². The highest BCUT2D eigenvalue weighted by atomic mass is 32.2. The van der Waals surface area contributed by atoms with Crippen molar-refractivity contribution in [1.82, 2.24) is 0 Å². The van der Waals surface area contributed by atoms with Crippen molar-refractivity contribution in [2.24, 2.45) is 11.8 Å². The van der Waals surface area contributed by atoms with Crippen molar-refractivity contribution in [2.45, 2.75) is 83.9 Å². The van der Waals surface area contributed by atoms with Crippen LogP contribution < -0.4 is 0 Å². The van der Waals surface area contributed by atoms with Crippen LogP contribution in [0.15, 0.2) is 36.4 Å². The van der Waals surface area contributed by atoms with Gasteiger partial charge in [-0.25, -0.2) is 4.79 Å². The molecule has 1 aliphatic rings. The number of carbonyl (C=O) groups excluding carboxylic acids is 3. The Morgan fingerprint density at radius 2 is 1.89 bits per heavy atom. The van der Waals surface area contributed by atoms with E-state index in [0.717, 1.165) is 11.1 Å². The van der Waals surface area contributed by atoms with E-state index in [9.17, 15) is 24.6 Å². The predicted molar refractivity (Wildman–Crippen MR) is 147 cm³/mol. The number of aliphatic hydroxyl groups is 2. The first-order valence-electron chi connectivity index (χ1n) is 13.2. The Morgan fingerprint density at radius 3 is 2.61 bits per heavy atom. The summed E-state index contributed by atoms with van der Waals surface area (Å²) in [4.78, 5) is 36.2. The van der Waals surface area contributed by atoms with Gasteiger partial charge in [-0.2, -0.15) is 11.8 Å². The second kappa shape index (κ2) is 16.7. The predicted octanol–water partition coefficient (Wildman–Crippen LogP) is 3.65. The molecule has 1 aromatic rings. The van der Waals surface area contributed by atoms with Gasteiger partial charge in [-0.15, -0.1) is 0 Å². The minimum absolute atomic E-state index is 0.0420. The van der Waals surface area contributed by atoms with Crippen LogP contribution in [0.25, 0.3) is 0 Å². The van der Waals surface area contributed by atoms with Gasteiger partial charge in [-0.05, 0) is 56.2 Å². The fraction of sp³-hybridized carbons (Fsp3) is 0.621. The van der Waals surface area contributed by atoms with Crippen LogP contribution in [0.2, 0.25) is 0 Å². The second-order valence-corrected chi connectivity index (χ2v) is 11.2. The summed E-state index contributed by atoms with van der Waals surface area (Å²) in [6.45, 7) is 5.47. The lowest BCUT2D eigenvalue weighted by molar-refractivity contribution is -0.169. The molecule has 9 heteroatoms. The Morgan fingerprint density at radius 1 is 1.16 bits per heavy atom. The minimum atomic E-state index is -0.929. The van der Waals surface area contributed by atoms with E-state index in [1.54, 1.807) is 44.9 Å². The first-order chi connectivity index (χ1) is 18.1. The molecule has 0 amide bonds. The van der Waals surface area contributed by atoms with Gasteiger partial charge in [0.05, 0.1) is 24.9 Å². The van der Waals surface area contributed by atoms with Crippen molar-refractivity contribution >= 4 is 29.5 Å². The van der Waals surface area contributed by atoms with Crippen LogP contribution in [0.3, 0.4) is 0 Å². The third-order valence-electron chi connectivity index (χ3n) is 6.27. The molecule has 0 aliphatic heterocycles. The molecule has 1 fully saturated rings. The van der Waals surface area contributed by atoms with Crippen molar-refractivity contribution in [3.8, 4) is 0 Å². The summed E-state index contributed by atoms with van der Waals surface area (Å²) in [5.74, 6) is -0.136. The average Bonchev–Trinajstić information content (AvgIpc) is 3.11. The van der Waals surface area contributed by atoms with Crippen LogP contribution in [-0.2, 0) is 41.6 Å². The number of ketones is 1. The monoisotopic (exact) mass is 550 g/mol. The van der Waals surface area contributed by atoms with Crippen molar-refractivity contribution in [2.75, 3.05) is 18.6 Å². The molecule has 5 atom stereocenters. The summed E-state index contributed by atoms with van der Waals surface area (Å²) in [6.07, 6.45) is 2.78.